The van der Waals surface area contributed by atoms with E-state index in [1.807, 2.05) is 6.92 Å². The molecule has 0 bridgehead atoms. The van der Waals surface area contributed by atoms with Gasteiger partial charge in [-0.25, -0.2) is 0 Å². The van der Waals surface area contributed by atoms with Gasteiger partial charge in [-0.1, -0.05) is 52.3 Å². The van der Waals surface area contributed by atoms with Crippen LogP contribution in [-0.4, -0.2) is 17.2 Å². The molecule has 2 aromatic rings. The smallest absolute Gasteiger partial charge is 0.122 e. The number of anilines is 1. The number of rotatable bonds is 8. The summed E-state index contributed by atoms with van der Waals surface area (Å²) in [5.41, 5.74) is 6.02. The molecule has 0 saturated carbocycles. The second-order valence-electron chi connectivity index (χ2n) is 8.96. The molecule has 2 aromatic carbocycles. The van der Waals surface area contributed by atoms with Gasteiger partial charge < -0.3 is 10.0 Å². The van der Waals surface area contributed by atoms with Crippen molar-refractivity contribution in [1.29, 1.82) is 0 Å². The van der Waals surface area contributed by atoms with Gasteiger partial charge in [0.25, 0.3) is 0 Å². The van der Waals surface area contributed by atoms with E-state index < -0.39 is 0 Å². The van der Waals surface area contributed by atoms with E-state index in [0.717, 1.165) is 24.0 Å². The lowest BCUT2D eigenvalue weighted by molar-refractivity contribution is 0.444. The van der Waals surface area contributed by atoms with Gasteiger partial charge in [-0.05, 0) is 83.8 Å². The Hall–Kier alpha value is -1.53. The number of hydrogen-bond acceptors (Lipinski definition) is 2. The molecule has 0 aliphatic rings. The van der Waals surface area contributed by atoms with E-state index in [1.165, 1.54) is 22.1 Å². The first kappa shape index (κ1) is 23.7. The minimum atomic E-state index is -0.0542. The van der Waals surface area contributed by atoms with Crippen LogP contribution >= 0.6 is 8.58 Å². The molecule has 0 aromatic heterocycles. The summed E-state index contributed by atoms with van der Waals surface area (Å²) in [6, 6.07) is 11.9. The van der Waals surface area contributed by atoms with Crippen LogP contribution in [0.1, 0.15) is 76.6 Å². The van der Waals surface area contributed by atoms with Crippen molar-refractivity contribution in [2.75, 3.05) is 4.90 Å². The normalized spacial score (nSPS) is 12.5. The third-order valence-electron chi connectivity index (χ3n) is 6.17. The predicted octanol–water partition coefficient (Wildman–Crippen LogP) is 6.96. The first-order valence-electron chi connectivity index (χ1n) is 11.0. The highest BCUT2D eigenvalue weighted by Gasteiger charge is 2.34. The third kappa shape index (κ3) is 4.80. The van der Waals surface area contributed by atoms with Crippen molar-refractivity contribution in [2.45, 2.75) is 92.4 Å². The van der Waals surface area contributed by atoms with Gasteiger partial charge in [0, 0.05) is 28.5 Å². The largest absolute Gasteiger partial charge is 0.507 e. The first-order chi connectivity index (χ1) is 13.6. The van der Waals surface area contributed by atoms with Crippen molar-refractivity contribution in [1.82, 2.24) is 0 Å². The molecular formula is C26H40NOP. The molecule has 1 unspecified atom stereocenters. The number of aromatic hydroxyl groups is 1. The zero-order chi connectivity index (χ0) is 21.9. The fraction of sp³-hybridized carbons (Fsp3) is 0.538. The van der Waals surface area contributed by atoms with Crippen molar-refractivity contribution < 1.29 is 5.11 Å². The summed E-state index contributed by atoms with van der Waals surface area (Å²) < 4.78 is 0. The zero-order valence-electron chi connectivity index (χ0n) is 19.9. The van der Waals surface area contributed by atoms with E-state index in [2.05, 4.69) is 90.6 Å². The number of phenolic OH excluding ortho intramolecular Hbond substituents is 1. The Bertz CT molecular complexity index is 829. The highest BCUT2D eigenvalue weighted by atomic mass is 31.1. The Morgan fingerprint density at radius 2 is 1.52 bits per heavy atom. The second-order valence-corrected chi connectivity index (χ2v) is 10.7. The van der Waals surface area contributed by atoms with Crippen LogP contribution < -0.4 is 10.2 Å². The van der Waals surface area contributed by atoms with Gasteiger partial charge in [0.15, 0.2) is 0 Å². The quantitative estimate of drug-likeness (QED) is 0.473. The van der Waals surface area contributed by atoms with Crippen LogP contribution in [0.15, 0.2) is 30.3 Å². The van der Waals surface area contributed by atoms with Gasteiger partial charge in [0.1, 0.15) is 5.75 Å². The van der Waals surface area contributed by atoms with Crippen molar-refractivity contribution in [3.63, 3.8) is 0 Å². The Labute approximate surface area is 180 Å². The summed E-state index contributed by atoms with van der Waals surface area (Å²) in [4.78, 5) is 2.53. The summed E-state index contributed by atoms with van der Waals surface area (Å²) in [5, 5.41) is 12.4. The molecule has 160 valence electrons. The number of nitrogens with zero attached hydrogens (tertiary/aromatic N) is 1. The summed E-state index contributed by atoms with van der Waals surface area (Å²) in [6.45, 7) is 20.0. The number of hydrogen-bond donors (Lipinski definition) is 1. The van der Waals surface area contributed by atoms with Crippen LogP contribution in [0.25, 0.3) is 0 Å². The maximum Gasteiger partial charge on any atom is 0.122 e. The Morgan fingerprint density at radius 3 is 2.03 bits per heavy atom. The van der Waals surface area contributed by atoms with E-state index in [4.69, 9.17) is 0 Å². The molecule has 0 aliphatic heterocycles. The van der Waals surface area contributed by atoms with Gasteiger partial charge in [-0.2, -0.15) is 0 Å². The molecule has 0 fully saturated rings. The van der Waals surface area contributed by atoms with Crippen LogP contribution in [0, 0.1) is 20.8 Å². The molecule has 0 radical (unpaired) electrons. The lowest BCUT2D eigenvalue weighted by Crippen LogP contribution is -2.40. The van der Waals surface area contributed by atoms with Gasteiger partial charge in [-0.3, -0.25) is 0 Å². The van der Waals surface area contributed by atoms with Crippen molar-refractivity contribution in [2.24, 2.45) is 0 Å². The summed E-state index contributed by atoms with van der Waals surface area (Å²) in [7, 11) is 0.607. The molecule has 0 saturated heterocycles. The van der Waals surface area contributed by atoms with E-state index >= 15 is 0 Å². The molecular weight excluding hydrogens is 373 g/mol. The average molecular weight is 414 g/mol. The highest BCUT2D eigenvalue weighted by Crippen LogP contribution is 2.52. The lowest BCUT2D eigenvalue weighted by Gasteiger charge is -2.39. The molecule has 2 nitrogen and oxygen atoms in total. The molecule has 0 amide bonds. The molecule has 0 spiro atoms. The van der Waals surface area contributed by atoms with E-state index in [1.54, 1.807) is 0 Å². The summed E-state index contributed by atoms with van der Waals surface area (Å²) in [6.07, 6.45) is 2.02. The van der Waals surface area contributed by atoms with Crippen LogP contribution in [-0.2, 0) is 5.16 Å². The minimum absolute atomic E-state index is 0.0542. The van der Waals surface area contributed by atoms with Gasteiger partial charge in [0.2, 0.25) is 0 Å². The monoisotopic (exact) mass is 413 g/mol. The average Bonchev–Trinajstić information content (AvgIpc) is 2.64. The Kier molecular flexibility index (Phi) is 7.80. The third-order valence-corrected chi connectivity index (χ3v) is 8.53. The number of aryl methyl sites for hydroxylation is 3. The fourth-order valence-corrected chi connectivity index (χ4v) is 6.40. The van der Waals surface area contributed by atoms with E-state index in [-0.39, 0.29) is 5.16 Å². The standard InChI is InChI=1S/C26H40NOP/c1-10-26(11-2,22-16-19(7)15-21(9)24(22)28)29-25-20(8)13-12-14-23(25)27(17(3)4)18(5)6/h12-18,28-29H,10-11H2,1-9H3. The minimum Gasteiger partial charge on any atom is -0.507 e. The van der Waals surface area contributed by atoms with Crippen molar-refractivity contribution >= 4 is 19.6 Å². The molecule has 3 heteroatoms. The predicted molar refractivity (Wildman–Crippen MR) is 132 cm³/mol. The van der Waals surface area contributed by atoms with Crippen LogP contribution in [0.2, 0.25) is 0 Å². The topological polar surface area (TPSA) is 23.5 Å². The molecule has 2 rings (SSSR count). The van der Waals surface area contributed by atoms with Crippen molar-refractivity contribution in [3.05, 3.63) is 52.6 Å². The van der Waals surface area contributed by atoms with E-state index in [0.29, 0.717) is 26.4 Å². The second kappa shape index (κ2) is 9.52. The first-order valence-corrected chi connectivity index (χ1v) is 12.0. The summed E-state index contributed by atoms with van der Waals surface area (Å²) >= 11 is 0. The van der Waals surface area contributed by atoms with Crippen LogP contribution in [0.5, 0.6) is 5.75 Å². The fourth-order valence-electron chi connectivity index (χ4n) is 4.62. The van der Waals surface area contributed by atoms with Crippen LogP contribution in [0.4, 0.5) is 5.69 Å². The Morgan fingerprint density at radius 1 is 0.931 bits per heavy atom. The maximum atomic E-state index is 11.0. The molecule has 0 heterocycles. The maximum absolute atomic E-state index is 11.0. The van der Waals surface area contributed by atoms with E-state index in [9.17, 15) is 5.11 Å². The molecule has 29 heavy (non-hydrogen) atoms. The molecule has 0 aliphatic carbocycles. The highest BCUT2D eigenvalue weighted by molar-refractivity contribution is 7.49. The molecule has 1 N–H and O–H groups in total. The van der Waals surface area contributed by atoms with Gasteiger partial charge in [0.05, 0.1) is 0 Å². The Balaban J connectivity index is 2.69. The van der Waals surface area contributed by atoms with Crippen molar-refractivity contribution in [3.8, 4) is 5.75 Å². The number of benzene rings is 2. The molecule has 1 atom stereocenters. The zero-order valence-corrected chi connectivity index (χ0v) is 20.9. The lowest BCUT2D eigenvalue weighted by atomic mass is 9.89. The van der Waals surface area contributed by atoms with Gasteiger partial charge in [-0.15, -0.1) is 0 Å². The summed E-state index contributed by atoms with van der Waals surface area (Å²) in [5.74, 6) is 0.478. The number of phenols is 1. The van der Waals surface area contributed by atoms with Crippen LogP contribution in [0.3, 0.4) is 0 Å². The SMILES string of the molecule is CCC(CC)(Pc1c(C)cccc1N(C(C)C)C(C)C)c1cc(C)cc(C)c1O. The van der Waals surface area contributed by atoms with Gasteiger partial charge >= 0.3 is 0 Å².